The SMILES string of the molecule is CC(C)(C)OC(=O)N1CC[C@H]([C@@H]2C[C@@H](O)CCO2)C1. The van der Waals surface area contributed by atoms with Crippen molar-refractivity contribution >= 4 is 6.09 Å². The molecule has 3 atom stereocenters. The molecule has 2 fully saturated rings. The van der Waals surface area contributed by atoms with E-state index in [1.807, 2.05) is 20.8 Å². The van der Waals surface area contributed by atoms with E-state index in [0.717, 1.165) is 19.4 Å². The van der Waals surface area contributed by atoms with Crippen LogP contribution in [0.3, 0.4) is 0 Å². The lowest BCUT2D eigenvalue weighted by Gasteiger charge is -2.31. The maximum absolute atomic E-state index is 12.0. The predicted molar refractivity (Wildman–Crippen MR) is 70.9 cm³/mol. The second-order valence-corrected chi connectivity index (χ2v) is 6.56. The summed E-state index contributed by atoms with van der Waals surface area (Å²) >= 11 is 0. The Morgan fingerprint density at radius 3 is 2.74 bits per heavy atom. The quantitative estimate of drug-likeness (QED) is 0.790. The number of aliphatic hydroxyl groups is 1. The molecule has 110 valence electrons. The Labute approximate surface area is 114 Å². The van der Waals surface area contributed by atoms with Crippen molar-refractivity contribution in [2.24, 2.45) is 5.92 Å². The average Bonchev–Trinajstić information content (AvgIpc) is 2.75. The third-order valence-corrected chi connectivity index (χ3v) is 3.69. The summed E-state index contributed by atoms with van der Waals surface area (Å²) in [6.45, 7) is 7.63. The van der Waals surface area contributed by atoms with Crippen LogP contribution in [0.2, 0.25) is 0 Å². The summed E-state index contributed by atoms with van der Waals surface area (Å²) in [5.74, 6) is 0.322. The molecule has 2 aliphatic heterocycles. The lowest BCUT2D eigenvalue weighted by Crippen LogP contribution is -2.38. The first-order valence-electron chi connectivity index (χ1n) is 7.13. The fourth-order valence-corrected chi connectivity index (χ4v) is 2.72. The van der Waals surface area contributed by atoms with Gasteiger partial charge < -0.3 is 19.5 Å². The van der Waals surface area contributed by atoms with Crippen LogP contribution in [-0.2, 0) is 9.47 Å². The van der Waals surface area contributed by atoms with Crippen LogP contribution in [0.5, 0.6) is 0 Å². The van der Waals surface area contributed by atoms with E-state index in [-0.39, 0.29) is 18.3 Å². The molecule has 0 aromatic carbocycles. The largest absolute Gasteiger partial charge is 0.444 e. The number of nitrogens with zero attached hydrogens (tertiary/aromatic N) is 1. The minimum absolute atomic E-state index is 0.0798. The third-order valence-electron chi connectivity index (χ3n) is 3.69. The first-order chi connectivity index (χ1) is 8.85. The molecule has 2 saturated heterocycles. The van der Waals surface area contributed by atoms with Crippen LogP contribution in [0.4, 0.5) is 4.79 Å². The molecular weight excluding hydrogens is 246 g/mol. The summed E-state index contributed by atoms with van der Waals surface area (Å²) < 4.78 is 11.1. The van der Waals surface area contributed by atoms with E-state index in [2.05, 4.69) is 0 Å². The highest BCUT2D eigenvalue weighted by Gasteiger charge is 2.36. The van der Waals surface area contributed by atoms with Crippen molar-refractivity contribution in [1.82, 2.24) is 4.90 Å². The highest BCUT2D eigenvalue weighted by Crippen LogP contribution is 2.28. The molecule has 0 aliphatic carbocycles. The minimum atomic E-state index is -0.452. The van der Waals surface area contributed by atoms with E-state index in [1.54, 1.807) is 4.90 Å². The van der Waals surface area contributed by atoms with Crippen LogP contribution in [0, 0.1) is 5.92 Å². The molecule has 1 amide bonds. The molecule has 5 heteroatoms. The maximum atomic E-state index is 12.0. The van der Waals surface area contributed by atoms with Gasteiger partial charge in [-0.15, -0.1) is 0 Å². The highest BCUT2D eigenvalue weighted by atomic mass is 16.6. The first kappa shape index (κ1) is 14.6. The predicted octanol–water partition coefficient (Wildman–Crippen LogP) is 1.78. The molecule has 0 bridgehead atoms. The molecule has 2 heterocycles. The zero-order chi connectivity index (χ0) is 14.0. The lowest BCUT2D eigenvalue weighted by atomic mass is 9.93. The second kappa shape index (κ2) is 5.67. The van der Waals surface area contributed by atoms with E-state index < -0.39 is 5.60 Å². The fourth-order valence-electron chi connectivity index (χ4n) is 2.72. The smallest absolute Gasteiger partial charge is 0.410 e. The normalized spacial score (nSPS) is 32.4. The van der Waals surface area contributed by atoms with Crippen LogP contribution in [0.15, 0.2) is 0 Å². The number of carbonyl (C=O) groups is 1. The van der Waals surface area contributed by atoms with E-state index in [9.17, 15) is 9.90 Å². The second-order valence-electron chi connectivity index (χ2n) is 6.56. The van der Waals surface area contributed by atoms with Crippen LogP contribution >= 0.6 is 0 Å². The molecule has 1 N–H and O–H groups in total. The molecule has 5 nitrogen and oxygen atoms in total. The molecule has 19 heavy (non-hydrogen) atoms. The number of amides is 1. The monoisotopic (exact) mass is 271 g/mol. The average molecular weight is 271 g/mol. The molecule has 0 saturated carbocycles. The highest BCUT2D eigenvalue weighted by molar-refractivity contribution is 5.68. The number of aliphatic hydroxyl groups excluding tert-OH is 1. The minimum Gasteiger partial charge on any atom is -0.444 e. The van der Waals surface area contributed by atoms with Gasteiger partial charge in [-0.05, 0) is 40.0 Å². The van der Waals surface area contributed by atoms with E-state index in [0.29, 0.717) is 25.5 Å². The third kappa shape index (κ3) is 4.08. The van der Waals surface area contributed by atoms with Gasteiger partial charge in [-0.3, -0.25) is 0 Å². The molecule has 0 unspecified atom stereocenters. The molecule has 2 aliphatic rings. The zero-order valence-corrected chi connectivity index (χ0v) is 12.1. The summed E-state index contributed by atoms with van der Waals surface area (Å²) in [5.41, 5.74) is -0.452. The molecule has 0 radical (unpaired) electrons. The Morgan fingerprint density at radius 2 is 2.11 bits per heavy atom. The van der Waals surface area contributed by atoms with Gasteiger partial charge in [0.2, 0.25) is 0 Å². The Hall–Kier alpha value is -0.810. The topological polar surface area (TPSA) is 59.0 Å². The Kier molecular flexibility index (Phi) is 4.36. The van der Waals surface area contributed by atoms with Gasteiger partial charge in [0, 0.05) is 25.6 Å². The summed E-state index contributed by atoms with van der Waals surface area (Å²) in [4.78, 5) is 13.7. The van der Waals surface area contributed by atoms with Gasteiger partial charge in [0.15, 0.2) is 0 Å². The van der Waals surface area contributed by atoms with Crippen LogP contribution in [0.25, 0.3) is 0 Å². The van der Waals surface area contributed by atoms with Crippen molar-refractivity contribution in [1.29, 1.82) is 0 Å². The number of carbonyl (C=O) groups excluding carboxylic acids is 1. The Balaban J connectivity index is 1.84. The zero-order valence-electron chi connectivity index (χ0n) is 12.1. The van der Waals surface area contributed by atoms with Crippen molar-refractivity contribution in [3.05, 3.63) is 0 Å². The number of hydrogen-bond donors (Lipinski definition) is 1. The molecule has 0 aromatic heterocycles. The molecule has 0 spiro atoms. The summed E-state index contributed by atoms with van der Waals surface area (Å²) in [6, 6.07) is 0. The van der Waals surface area contributed by atoms with Crippen molar-refractivity contribution in [3.63, 3.8) is 0 Å². The van der Waals surface area contributed by atoms with E-state index in [1.165, 1.54) is 0 Å². The number of hydrogen-bond acceptors (Lipinski definition) is 4. The fraction of sp³-hybridized carbons (Fsp3) is 0.929. The molecular formula is C14H25NO4. The first-order valence-corrected chi connectivity index (χ1v) is 7.13. The van der Waals surface area contributed by atoms with E-state index >= 15 is 0 Å². The van der Waals surface area contributed by atoms with Crippen LogP contribution in [0.1, 0.15) is 40.0 Å². The summed E-state index contributed by atoms with van der Waals surface area (Å²) in [7, 11) is 0. The Morgan fingerprint density at radius 1 is 1.37 bits per heavy atom. The Bertz CT molecular complexity index is 326. The van der Waals surface area contributed by atoms with Gasteiger partial charge >= 0.3 is 6.09 Å². The van der Waals surface area contributed by atoms with Gasteiger partial charge in [0.05, 0.1) is 12.2 Å². The maximum Gasteiger partial charge on any atom is 0.410 e. The van der Waals surface area contributed by atoms with Crippen molar-refractivity contribution < 1.29 is 19.4 Å². The number of ether oxygens (including phenoxy) is 2. The van der Waals surface area contributed by atoms with Gasteiger partial charge in [0.1, 0.15) is 5.60 Å². The molecule has 0 aromatic rings. The van der Waals surface area contributed by atoms with Gasteiger partial charge in [-0.25, -0.2) is 4.79 Å². The summed E-state index contributed by atoms with van der Waals surface area (Å²) in [6.07, 6.45) is 1.92. The van der Waals surface area contributed by atoms with Crippen LogP contribution < -0.4 is 0 Å². The van der Waals surface area contributed by atoms with Crippen molar-refractivity contribution in [2.45, 2.75) is 57.8 Å². The van der Waals surface area contributed by atoms with Crippen molar-refractivity contribution in [2.75, 3.05) is 19.7 Å². The molecule has 2 rings (SSSR count). The van der Waals surface area contributed by atoms with E-state index in [4.69, 9.17) is 9.47 Å². The van der Waals surface area contributed by atoms with Crippen LogP contribution in [-0.4, -0.2) is 53.6 Å². The lowest BCUT2D eigenvalue weighted by molar-refractivity contribution is -0.0671. The summed E-state index contributed by atoms with van der Waals surface area (Å²) in [5, 5.41) is 9.68. The van der Waals surface area contributed by atoms with Gasteiger partial charge in [-0.2, -0.15) is 0 Å². The van der Waals surface area contributed by atoms with Gasteiger partial charge in [-0.1, -0.05) is 0 Å². The standard InChI is InChI=1S/C14H25NO4/c1-14(2,3)19-13(17)15-6-4-10(9-15)12-8-11(16)5-7-18-12/h10-12,16H,4-9H2,1-3H3/t10-,11-,12-/m0/s1. The van der Waals surface area contributed by atoms with Gasteiger partial charge in [0.25, 0.3) is 0 Å². The number of likely N-dealkylation sites (tertiary alicyclic amines) is 1. The van der Waals surface area contributed by atoms with Crippen molar-refractivity contribution in [3.8, 4) is 0 Å². The number of rotatable bonds is 1.